The van der Waals surface area contributed by atoms with Crippen LogP contribution in [0.15, 0.2) is 60.8 Å². The smallest absolute Gasteiger partial charge is 0.323 e. The van der Waals surface area contributed by atoms with Gasteiger partial charge in [-0.2, -0.15) is 9.61 Å². The molecule has 0 radical (unpaired) electrons. The summed E-state index contributed by atoms with van der Waals surface area (Å²) in [5, 5.41) is 17.4. The molecule has 1 aliphatic rings. The van der Waals surface area contributed by atoms with E-state index in [4.69, 9.17) is 15.5 Å². The molecule has 0 atom stereocenters. The van der Waals surface area contributed by atoms with Gasteiger partial charge in [0.25, 0.3) is 0 Å². The Morgan fingerprint density at radius 2 is 1.76 bits per heavy atom. The van der Waals surface area contributed by atoms with Crippen LogP contribution in [0.2, 0.25) is 0 Å². The minimum atomic E-state index is -0.370. The van der Waals surface area contributed by atoms with Gasteiger partial charge in [0.05, 0.1) is 12.8 Å². The molecule has 0 bridgehead atoms. The van der Waals surface area contributed by atoms with E-state index in [9.17, 15) is 4.79 Å². The van der Waals surface area contributed by atoms with E-state index in [1.807, 2.05) is 68.4 Å². The van der Waals surface area contributed by atoms with Crippen molar-refractivity contribution in [2.75, 3.05) is 27.9 Å². The summed E-state index contributed by atoms with van der Waals surface area (Å²) in [6, 6.07) is 17.2. The second-order valence-corrected chi connectivity index (χ2v) is 9.51. The number of nitrogens with one attached hydrogen (secondary N) is 4. The number of para-hydroxylation sites is 1. The second kappa shape index (κ2) is 11.4. The molecule has 2 aromatic carbocycles. The number of hydrogen-bond donors (Lipinski definition) is 5. The maximum atomic E-state index is 12.7. The minimum absolute atomic E-state index is 0.259. The van der Waals surface area contributed by atoms with E-state index in [2.05, 4.69) is 26.4 Å². The first-order valence-corrected chi connectivity index (χ1v) is 13.0. The molecule has 0 aliphatic heterocycles. The molecule has 1 saturated carbocycles. The third-order valence-electron chi connectivity index (χ3n) is 6.70. The summed E-state index contributed by atoms with van der Waals surface area (Å²) >= 11 is 0. The van der Waals surface area contributed by atoms with E-state index in [1.165, 1.54) is 0 Å². The summed E-state index contributed by atoms with van der Waals surface area (Å²) in [5.74, 6) is 2.31. The third-order valence-corrected chi connectivity index (χ3v) is 6.70. The average Bonchev–Trinajstić information content (AvgIpc) is 3.31. The van der Waals surface area contributed by atoms with Crippen LogP contribution in [-0.2, 0) is 0 Å². The average molecular weight is 515 g/mol. The number of carbonyl (C=O) groups is 1. The fourth-order valence-electron chi connectivity index (χ4n) is 4.65. The SMILES string of the molecule is CCOc1ccc(Nc2c(C)c(NC3CCC(N)CC3)nc3c(NC(=O)Nc4ccccc4)cnn23)cc1. The lowest BCUT2D eigenvalue weighted by atomic mass is 9.92. The maximum absolute atomic E-state index is 12.7. The molecule has 10 nitrogen and oxygen atoms in total. The zero-order valence-corrected chi connectivity index (χ0v) is 21.7. The van der Waals surface area contributed by atoms with Crippen LogP contribution >= 0.6 is 0 Å². The molecule has 38 heavy (non-hydrogen) atoms. The van der Waals surface area contributed by atoms with Crippen LogP contribution < -0.4 is 31.7 Å². The molecule has 0 saturated heterocycles. The van der Waals surface area contributed by atoms with Crippen LogP contribution in [0.4, 0.5) is 33.5 Å². The number of ether oxygens (including phenoxy) is 1. The van der Waals surface area contributed by atoms with Crippen molar-refractivity contribution in [2.45, 2.75) is 51.6 Å². The molecule has 2 amide bonds. The fraction of sp³-hybridized carbons (Fsp3) is 0.321. The summed E-state index contributed by atoms with van der Waals surface area (Å²) in [6.07, 6.45) is 5.54. The van der Waals surface area contributed by atoms with E-state index >= 15 is 0 Å². The van der Waals surface area contributed by atoms with Gasteiger partial charge in [0, 0.05) is 29.0 Å². The van der Waals surface area contributed by atoms with Gasteiger partial charge in [-0.25, -0.2) is 9.78 Å². The fourth-order valence-corrected chi connectivity index (χ4v) is 4.65. The van der Waals surface area contributed by atoms with Crippen molar-refractivity contribution in [1.29, 1.82) is 0 Å². The van der Waals surface area contributed by atoms with Gasteiger partial charge < -0.3 is 31.7 Å². The van der Waals surface area contributed by atoms with Crippen LogP contribution in [0.1, 0.15) is 38.2 Å². The molecule has 1 aliphatic carbocycles. The molecule has 6 N–H and O–H groups in total. The van der Waals surface area contributed by atoms with Gasteiger partial charge in [-0.05, 0) is 75.9 Å². The summed E-state index contributed by atoms with van der Waals surface area (Å²) in [6.45, 7) is 4.58. The number of carbonyl (C=O) groups excluding carboxylic acids is 1. The molecule has 1 fully saturated rings. The highest BCUT2D eigenvalue weighted by Gasteiger charge is 2.22. The monoisotopic (exact) mass is 514 g/mol. The van der Waals surface area contributed by atoms with Gasteiger partial charge in [0.15, 0.2) is 5.65 Å². The van der Waals surface area contributed by atoms with Crippen molar-refractivity contribution in [1.82, 2.24) is 14.6 Å². The quantitative estimate of drug-likeness (QED) is 0.210. The second-order valence-electron chi connectivity index (χ2n) is 9.51. The first kappa shape index (κ1) is 25.3. The first-order chi connectivity index (χ1) is 18.5. The highest BCUT2D eigenvalue weighted by atomic mass is 16.5. The highest BCUT2D eigenvalue weighted by Crippen LogP contribution is 2.31. The molecule has 5 rings (SSSR count). The van der Waals surface area contributed by atoms with E-state index in [-0.39, 0.29) is 18.1 Å². The number of nitrogens with zero attached hydrogens (tertiary/aromatic N) is 3. The lowest BCUT2D eigenvalue weighted by molar-refractivity contribution is 0.262. The number of benzene rings is 2. The summed E-state index contributed by atoms with van der Waals surface area (Å²) in [4.78, 5) is 17.6. The van der Waals surface area contributed by atoms with Gasteiger partial charge in [-0.3, -0.25) is 0 Å². The molecule has 0 unspecified atom stereocenters. The van der Waals surface area contributed by atoms with Crippen molar-refractivity contribution in [2.24, 2.45) is 5.73 Å². The van der Waals surface area contributed by atoms with Crippen molar-refractivity contribution < 1.29 is 9.53 Å². The number of amides is 2. The third kappa shape index (κ3) is 5.81. The van der Waals surface area contributed by atoms with Gasteiger partial charge >= 0.3 is 6.03 Å². The molecule has 4 aromatic rings. The molecule has 10 heteroatoms. The minimum Gasteiger partial charge on any atom is -0.494 e. The van der Waals surface area contributed by atoms with E-state index in [0.29, 0.717) is 23.6 Å². The Morgan fingerprint density at radius 1 is 1.03 bits per heavy atom. The Kier molecular flexibility index (Phi) is 7.60. The molecule has 2 heterocycles. The Morgan fingerprint density at radius 3 is 2.47 bits per heavy atom. The topological polar surface area (TPSA) is 131 Å². The standard InChI is InChI=1S/C28H34N8O2/c1-3-38-23-15-13-22(14-16-23)32-26-18(2)25(31-21-11-9-19(29)10-12-21)35-27-24(17-30-36(26)27)34-28(37)33-20-7-5-4-6-8-20/h4-8,13-17,19,21,32H,3,9-12,29H2,1-2H3,(H,31,35)(H2,33,34,37). The Balaban J connectivity index is 1.46. The predicted octanol–water partition coefficient (Wildman–Crippen LogP) is 5.51. The summed E-state index contributed by atoms with van der Waals surface area (Å²) in [7, 11) is 0. The van der Waals surface area contributed by atoms with Crippen LogP contribution in [-0.4, -0.2) is 39.3 Å². The Hall–Kier alpha value is -4.31. The Bertz CT molecular complexity index is 1380. The van der Waals surface area contributed by atoms with Crippen molar-refractivity contribution in [3.8, 4) is 5.75 Å². The van der Waals surface area contributed by atoms with Crippen molar-refractivity contribution in [3.63, 3.8) is 0 Å². The zero-order valence-electron chi connectivity index (χ0n) is 21.7. The van der Waals surface area contributed by atoms with Gasteiger partial charge in [-0.15, -0.1) is 0 Å². The Labute approximate surface area is 222 Å². The number of rotatable bonds is 8. The molecule has 2 aromatic heterocycles. The summed E-state index contributed by atoms with van der Waals surface area (Å²) in [5.41, 5.74) is 9.65. The number of hydrogen-bond acceptors (Lipinski definition) is 7. The predicted molar refractivity (Wildman–Crippen MR) is 152 cm³/mol. The lowest BCUT2D eigenvalue weighted by Crippen LogP contribution is -2.33. The van der Waals surface area contributed by atoms with Crippen LogP contribution in [0, 0.1) is 6.92 Å². The normalized spacial score (nSPS) is 17.1. The largest absolute Gasteiger partial charge is 0.494 e. The highest BCUT2D eigenvalue weighted by molar-refractivity contribution is 6.02. The number of nitrogens with two attached hydrogens (primary N) is 1. The van der Waals surface area contributed by atoms with E-state index in [0.717, 1.165) is 54.3 Å². The molecular weight excluding hydrogens is 480 g/mol. The number of anilines is 5. The molecule has 198 valence electrons. The maximum Gasteiger partial charge on any atom is 0.323 e. The van der Waals surface area contributed by atoms with Crippen LogP contribution in [0.5, 0.6) is 5.75 Å². The van der Waals surface area contributed by atoms with Crippen LogP contribution in [0.3, 0.4) is 0 Å². The van der Waals surface area contributed by atoms with Gasteiger partial charge in [-0.1, -0.05) is 18.2 Å². The molecular formula is C28H34N8O2. The lowest BCUT2D eigenvalue weighted by Gasteiger charge is -2.28. The van der Waals surface area contributed by atoms with Crippen molar-refractivity contribution >= 4 is 40.4 Å². The van der Waals surface area contributed by atoms with Gasteiger partial charge in [0.1, 0.15) is 23.1 Å². The van der Waals surface area contributed by atoms with E-state index in [1.54, 1.807) is 10.7 Å². The van der Waals surface area contributed by atoms with E-state index < -0.39 is 0 Å². The summed E-state index contributed by atoms with van der Waals surface area (Å²) < 4.78 is 7.29. The number of aromatic nitrogens is 3. The number of urea groups is 1. The van der Waals surface area contributed by atoms with Crippen LogP contribution in [0.25, 0.3) is 5.65 Å². The molecule has 0 spiro atoms. The first-order valence-electron chi connectivity index (χ1n) is 13.0. The van der Waals surface area contributed by atoms with Crippen molar-refractivity contribution in [3.05, 3.63) is 66.4 Å². The number of fused-ring (bicyclic) bond motifs is 1. The zero-order chi connectivity index (χ0) is 26.5. The van der Waals surface area contributed by atoms with Gasteiger partial charge in [0.2, 0.25) is 0 Å².